The highest BCUT2D eigenvalue weighted by Gasteiger charge is 2.40. The summed E-state index contributed by atoms with van der Waals surface area (Å²) in [6, 6.07) is 6.41. The molecule has 1 aromatic heterocycles. The van der Waals surface area contributed by atoms with Crippen LogP contribution in [0, 0.1) is 5.92 Å². The van der Waals surface area contributed by atoms with Crippen molar-refractivity contribution in [3.05, 3.63) is 66.0 Å². The normalized spacial score (nSPS) is 26.9. The van der Waals surface area contributed by atoms with E-state index in [1.165, 1.54) is 6.08 Å². The van der Waals surface area contributed by atoms with Crippen LogP contribution in [0.15, 0.2) is 60.5 Å². The second kappa shape index (κ2) is 10.3. The minimum absolute atomic E-state index is 0.0383. The summed E-state index contributed by atoms with van der Waals surface area (Å²) in [5, 5.41) is 17.3. The summed E-state index contributed by atoms with van der Waals surface area (Å²) in [5.74, 6) is -0.671. The number of hydrogen-bond acceptors (Lipinski definition) is 5. The first kappa shape index (κ1) is 26.6. The molecule has 1 atom stereocenters. The third-order valence-electron chi connectivity index (χ3n) is 8.15. The predicted octanol–water partition coefficient (Wildman–Crippen LogP) is 3.32. The molecule has 0 spiro atoms. The number of alkyl halides is 3. The average molecular weight is 530 g/mol. The second-order valence-electron chi connectivity index (χ2n) is 10.8. The fourth-order valence-corrected chi connectivity index (χ4v) is 5.75. The van der Waals surface area contributed by atoms with Crippen LogP contribution in [0.25, 0.3) is 11.0 Å². The van der Waals surface area contributed by atoms with E-state index in [0.29, 0.717) is 24.5 Å². The van der Waals surface area contributed by atoms with Crippen LogP contribution < -0.4 is 10.6 Å². The number of halogens is 3. The summed E-state index contributed by atoms with van der Waals surface area (Å²) in [5.41, 5.74) is 1.92. The lowest BCUT2D eigenvalue weighted by atomic mass is 9.76. The minimum Gasteiger partial charge on any atom is -0.385 e. The number of benzene rings is 1. The highest BCUT2D eigenvalue weighted by molar-refractivity contribution is 5.78. The third kappa shape index (κ3) is 5.57. The van der Waals surface area contributed by atoms with E-state index in [-0.39, 0.29) is 25.0 Å². The van der Waals surface area contributed by atoms with Crippen molar-refractivity contribution in [2.75, 3.05) is 26.2 Å². The first-order chi connectivity index (χ1) is 18.0. The summed E-state index contributed by atoms with van der Waals surface area (Å²) in [6.45, 7) is 5.58. The van der Waals surface area contributed by atoms with Crippen LogP contribution in [-0.2, 0) is 17.4 Å². The number of hydrogen-bond donors (Lipinski definition) is 3. The van der Waals surface area contributed by atoms with Crippen molar-refractivity contribution < 1.29 is 23.1 Å². The van der Waals surface area contributed by atoms with Crippen LogP contribution in [-0.4, -0.2) is 69.9 Å². The van der Waals surface area contributed by atoms with Gasteiger partial charge in [0.25, 0.3) is 0 Å². The number of amides is 1. The zero-order chi connectivity index (χ0) is 27.1. The molecule has 204 valence electrons. The van der Waals surface area contributed by atoms with Crippen molar-refractivity contribution in [3.8, 4) is 0 Å². The topological polar surface area (TPSA) is 82.4 Å². The predicted molar refractivity (Wildman–Crippen MR) is 139 cm³/mol. The van der Waals surface area contributed by atoms with Gasteiger partial charge in [-0.1, -0.05) is 30.9 Å². The minimum atomic E-state index is -4.39. The summed E-state index contributed by atoms with van der Waals surface area (Å²) in [7, 11) is 1.95. The standard InChI is InChI=1S/C28H34F3N5O2/c1-18-3-4-21(28(29,30)31)11-19(18)13-32-14-26(37)34-22-15-36(16-22)23-7-9-27(38,10-8-23)20-5-6-24-25(12-20)35(2)17-33-24/h3-6,11-12,17,19,22-23,32,38H,1,7-10,13-16H2,2H3,(H,34,37). The summed E-state index contributed by atoms with van der Waals surface area (Å²) < 4.78 is 40.9. The van der Waals surface area contributed by atoms with Crippen LogP contribution in [0.5, 0.6) is 0 Å². The van der Waals surface area contributed by atoms with Gasteiger partial charge in [-0.3, -0.25) is 9.69 Å². The third-order valence-corrected chi connectivity index (χ3v) is 8.15. The van der Waals surface area contributed by atoms with E-state index in [1.54, 1.807) is 6.33 Å². The van der Waals surface area contributed by atoms with Crippen LogP contribution in [0.1, 0.15) is 31.2 Å². The van der Waals surface area contributed by atoms with Crippen molar-refractivity contribution in [3.63, 3.8) is 0 Å². The molecule has 2 heterocycles. The number of nitrogens with zero attached hydrogens (tertiary/aromatic N) is 3. The Labute approximate surface area is 220 Å². The van der Waals surface area contributed by atoms with E-state index in [9.17, 15) is 23.1 Å². The van der Waals surface area contributed by atoms with Crippen molar-refractivity contribution in [2.24, 2.45) is 13.0 Å². The van der Waals surface area contributed by atoms with Gasteiger partial charge in [0.2, 0.25) is 5.91 Å². The van der Waals surface area contributed by atoms with Gasteiger partial charge in [0.05, 0.1) is 41.1 Å². The van der Waals surface area contributed by atoms with Crippen molar-refractivity contribution in [1.82, 2.24) is 25.1 Å². The number of aryl methyl sites for hydroxylation is 1. The van der Waals surface area contributed by atoms with Gasteiger partial charge in [0.1, 0.15) is 0 Å². The molecule has 2 aromatic rings. The molecule has 0 radical (unpaired) electrons. The molecule has 5 rings (SSSR count). The van der Waals surface area contributed by atoms with Gasteiger partial charge < -0.3 is 20.3 Å². The fraction of sp³-hybridized carbons (Fsp3) is 0.500. The zero-order valence-electron chi connectivity index (χ0n) is 21.5. The summed E-state index contributed by atoms with van der Waals surface area (Å²) in [4.78, 5) is 19.1. The molecule has 1 unspecified atom stereocenters. The molecule has 10 heteroatoms. The van der Waals surface area contributed by atoms with Gasteiger partial charge in [0.15, 0.2) is 0 Å². The van der Waals surface area contributed by atoms with Crippen LogP contribution in [0.3, 0.4) is 0 Å². The highest BCUT2D eigenvalue weighted by atomic mass is 19.4. The molecular weight excluding hydrogens is 495 g/mol. The second-order valence-corrected chi connectivity index (χ2v) is 10.8. The molecule has 38 heavy (non-hydrogen) atoms. The number of aromatic nitrogens is 2. The SMILES string of the molecule is C=C1C=CC(C(F)(F)F)=CC1CNCC(=O)NC1CN(C2CCC(O)(c3ccc4ncn(C)c4c3)CC2)C1. The molecule has 2 aliphatic carbocycles. The number of rotatable bonds is 7. The lowest BCUT2D eigenvalue weighted by molar-refractivity contribution is -0.122. The molecule has 3 aliphatic rings. The Morgan fingerprint density at radius 2 is 1.97 bits per heavy atom. The molecule has 1 aromatic carbocycles. The van der Waals surface area contributed by atoms with Gasteiger partial charge >= 0.3 is 6.18 Å². The Morgan fingerprint density at radius 1 is 1.24 bits per heavy atom. The Bertz CT molecular complexity index is 1270. The molecular formula is C28H34F3N5O2. The largest absolute Gasteiger partial charge is 0.416 e. The molecule has 1 aliphatic heterocycles. The molecule has 1 saturated heterocycles. The zero-order valence-corrected chi connectivity index (χ0v) is 21.5. The maximum atomic E-state index is 13.0. The van der Waals surface area contributed by atoms with Crippen LogP contribution in [0.4, 0.5) is 13.2 Å². The van der Waals surface area contributed by atoms with Crippen LogP contribution >= 0.6 is 0 Å². The van der Waals surface area contributed by atoms with E-state index in [2.05, 4.69) is 27.1 Å². The number of nitrogens with one attached hydrogen (secondary N) is 2. The number of carbonyl (C=O) groups excluding carboxylic acids is 1. The van der Waals surface area contributed by atoms with E-state index < -0.39 is 23.3 Å². The Balaban J connectivity index is 1.03. The van der Waals surface area contributed by atoms with Gasteiger partial charge in [-0.25, -0.2) is 4.98 Å². The number of imidazole rings is 1. The molecule has 1 saturated carbocycles. The monoisotopic (exact) mass is 529 g/mol. The number of fused-ring (bicyclic) bond motifs is 1. The summed E-state index contributed by atoms with van der Waals surface area (Å²) in [6.07, 6.45) is 4.08. The maximum absolute atomic E-state index is 13.0. The number of likely N-dealkylation sites (tertiary alicyclic amines) is 1. The van der Waals surface area contributed by atoms with Crippen molar-refractivity contribution in [2.45, 2.75) is 49.5 Å². The number of allylic oxidation sites excluding steroid dienone is 3. The maximum Gasteiger partial charge on any atom is 0.416 e. The average Bonchev–Trinajstić information content (AvgIpc) is 3.22. The number of carbonyl (C=O) groups is 1. The Morgan fingerprint density at radius 3 is 2.68 bits per heavy atom. The highest BCUT2D eigenvalue weighted by Crippen LogP contribution is 2.40. The van der Waals surface area contributed by atoms with Gasteiger partial charge in [-0.05, 0) is 49.0 Å². The Kier molecular flexibility index (Phi) is 7.23. The van der Waals surface area contributed by atoms with E-state index in [4.69, 9.17) is 0 Å². The van der Waals surface area contributed by atoms with E-state index in [1.807, 2.05) is 29.8 Å². The fourth-order valence-electron chi connectivity index (χ4n) is 5.75. The number of aliphatic hydroxyl groups is 1. The van der Waals surface area contributed by atoms with Crippen molar-refractivity contribution in [1.29, 1.82) is 0 Å². The van der Waals surface area contributed by atoms with Crippen LogP contribution in [0.2, 0.25) is 0 Å². The van der Waals surface area contributed by atoms with Gasteiger partial charge in [0, 0.05) is 38.6 Å². The van der Waals surface area contributed by atoms with Gasteiger partial charge in [-0.2, -0.15) is 13.2 Å². The molecule has 0 bridgehead atoms. The molecule has 1 amide bonds. The smallest absolute Gasteiger partial charge is 0.385 e. The molecule has 7 nitrogen and oxygen atoms in total. The molecule has 3 N–H and O–H groups in total. The first-order valence-corrected chi connectivity index (χ1v) is 13.1. The van der Waals surface area contributed by atoms with Crippen molar-refractivity contribution >= 4 is 16.9 Å². The van der Waals surface area contributed by atoms with Gasteiger partial charge in [-0.15, -0.1) is 0 Å². The molecule has 2 fully saturated rings. The quantitative estimate of drug-likeness (QED) is 0.513. The lowest BCUT2D eigenvalue weighted by Gasteiger charge is -2.48. The lowest BCUT2D eigenvalue weighted by Crippen LogP contribution is -2.63. The Hall–Kier alpha value is -2.95. The first-order valence-electron chi connectivity index (χ1n) is 13.1. The summed E-state index contributed by atoms with van der Waals surface area (Å²) >= 11 is 0. The van der Waals surface area contributed by atoms with E-state index >= 15 is 0 Å². The van der Waals surface area contributed by atoms with E-state index in [0.717, 1.165) is 54.7 Å².